The van der Waals surface area contributed by atoms with Crippen LogP contribution in [-0.2, 0) is 6.18 Å². The SMILES string of the molecule is OCCC(O)C(O)c1cccc(C(F)(F)F)n1. The minimum Gasteiger partial charge on any atom is -0.396 e. The minimum atomic E-state index is -4.60. The summed E-state index contributed by atoms with van der Waals surface area (Å²) in [7, 11) is 0. The van der Waals surface area contributed by atoms with E-state index < -0.39 is 24.1 Å². The molecule has 0 amide bonds. The van der Waals surface area contributed by atoms with Gasteiger partial charge in [-0.25, -0.2) is 4.98 Å². The third kappa shape index (κ3) is 3.65. The topological polar surface area (TPSA) is 73.6 Å². The van der Waals surface area contributed by atoms with E-state index in [0.29, 0.717) is 0 Å². The molecule has 1 aromatic heterocycles. The first-order valence-corrected chi connectivity index (χ1v) is 4.87. The standard InChI is InChI=1S/C10H12F3NO3/c11-10(12,13)8-3-1-2-6(14-8)9(17)7(16)4-5-15/h1-3,7,9,15-17H,4-5H2. The summed E-state index contributed by atoms with van der Waals surface area (Å²) in [4.78, 5) is 3.23. The molecule has 7 heteroatoms. The lowest BCUT2D eigenvalue weighted by Crippen LogP contribution is -2.21. The van der Waals surface area contributed by atoms with Crippen molar-refractivity contribution in [3.05, 3.63) is 29.6 Å². The van der Waals surface area contributed by atoms with Gasteiger partial charge in [0.1, 0.15) is 11.8 Å². The zero-order valence-corrected chi connectivity index (χ0v) is 8.72. The Balaban J connectivity index is 2.92. The molecule has 1 rings (SSSR count). The normalized spacial score (nSPS) is 15.6. The van der Waals surface area contributed by atoms with Crippen LogP contribution in [0.3, 0.4) is 0 Å². The van der Waals surface area contributed by atoms with Gasteiger partial charge < -0.3 is 15.3 Å². The largest absolute Gasteiger partial charge is 0.433 e. The Morgan fingerprint density at radius 2 is 1.88 bits per heavy atom. The highest BCUT2D eigenvalue weighted by Crippen LogP contribution is 2.28. The van der Waals surface area contributed by atoms with E-state index in [1.807, 2.05) is 0 Å². The van der Waals surface area contributed by atoms with Crippen LogP contribution in [0.2, 0.25) is 0 Å². The Kier molecular flexibility index (Phi) is 4.44. The fourth-order valence-corrected chi connectivity index (χ4v) is 1.26. The second-order valence-corrected chi connectivity index (χ2v) is 3.47. The lowest BCUT2D eigenvalue weighted by atomic mass is 10.1. The molecule has 0 saturated carbocycles. The number of aromatic nitrogens is 1. The summed E-state index contributed by atoms with van der Waals surface area (Å²) in [5.74, 6) is 0. The maximum atomic E-state index is 12.3. The summed E-state index contributed by atoms with van der Waals surface area (Å²) in [6, 6.07) is 3.05. The van der Waals surface area contributed by atoms with Crippen molar-refractivity contribution in [3.8, 4) is 0 Å². The van der Waals surface area contributed by atoms with Crippen molar-refractivity contribution in [2.75, 3.05) is 6.61 Å². The predicted octanol–water partition coefficient (Wildman–Crippen LogP) is 0.877. The molecule has 2 atom stereocenters. The van der Waals surface area contributed by atoms with Gasteiger partial charge >= 0.3 is 6.18 Å². The number of hydrogen-bond acceptors (Lipinski definition) is 4. The number of nitrogens with zero attached hydrogens (tertiary/aromatic N) is 1. The van der Waals surface area contributed by atoms with Crippen molar-refractivity contribution in [2.24, 2.45) is 0 Å². The highest BCUT2D eigenvalue weighted by Gasteiger charge is 2.33. The van der Waals surface area contributed by atoms with Gasteiger partial charge in [0.15, 0.2) is 0 Å². The second-order valence-electron chi connectivity index (χ2n) is 3.47. The number of aliphatic hydroxyl groups excluding tert-OH is 3. The maximum Gasteiger partial charge on any atom is 0.433 e. The number of hydrogen-bond donors (Lipinski definition) is 3. The Morgan fingerprint density at radius 3 is 2.41 bits per heavy atom. The first kappa shape index (κ1) is 13.9. The number of aliphatic hydroxyl groups is 3. The van der Waals surface area contributed by atoms with E-state index in [0.717, 1.165) is 12.1 Å². The van der Waals surface area contributed by atoms with Gasteiger partial charge in [0, 0.05) is 6.61 Å². The summed E-state index contributed by atoms with van der Waals surface area (Å²) >= 11 is 0. The molecule has 3 N–H and O–H groups in total. The molecule has 0 aromatic carbocycles. The van der Waals surface area contributed by atoms with Crippen LogP contribution in [0.25, 0.3) is 0 Å². The summed E-state index contributed by atoms with van der Waals surface area (Å²) in [5.41, 5.74) is -1.41. The van der Waals surface area contributed by atoms with Crippen LogP contribution >= 0.6 is 0 Å². The van der Waals surface area contributed by atoms with Crippen molar-refractivity contribution in [2.45, 2.75) is 24.8 Å². The third-order valence-electron chi connectivity index (χ3n) is 2.15. The van der Waals surface area contributed by atoms with Gasteiger partial charge in [-0.2, -0.15) is 13.2 Å². The van der Waals surface area contributed by atoms with Gasteiger partial charge in [0.05, 0.1) is 11.8 Å². The molecule has 0 aliphatic heterocycles. The molecule has 0 radical (unpaired) electrons. The van der Waals surface area contributed by atoms with Gasteiger partial charge in [-0.05, 0) is 18.6 Å². The monoisotopic (exact) mass is 251 g/mol. The summed E-state index contributed by atoms with van der Waals surface area (Å²) in [5, 5.41) is 27.4. The molecular weight excluding hydrogens is 239 g/mol. The fraction of sp³-hybridized carbons (Fsp3) is 0.500. The van der Waals surface area contributed by atoms with E-state index in [1.165, 1.54) is 6.07 Å². The van der Waals surface area contributed by atoms with E-state index in [1.54, 1.807) is 0 Å². The van der Waals surface area contributed by atoms with Gasteiger partial charge in [0.2, 0.25) is 0 Å². The summed E-state index contributed by atoms with van der Waals surface area (Å²) in [6.07, 6.45) is -7.64. The van der Waals surface area contributed by atoms with Crippen LogP contribution in [0.5, 0.6) is 0 Å². The van der Waals surface area contributed by atoms with Crippen molar-refractivity contribution in [3.63, 3.8) is 0 Å². The Morgan fingerprint density at radius 1 is 1.24 bits per heavy atom. The Labute approximate surface area is 95.4 Å². The molecule has 2 unspecified atom stereocenters. The first-order valence-electron chi connectivity index (χ1n) is 4.87. The van der Waals surface area contributed by atoms with E-state index >= 15 is 0 Å². The molecule has 1 aromatic rings. The molecule has 17 heavy (non-hydrogen) atoms. The zero-order valence-electron chi connectivity index (χ0n) is 8.72. The van der Waals surface area contributed by atoms with Crippen LogP contribution in [0, 0.1) is 0 Å². The molecule has 0 aliphatic rings. The predicted molar refractivity (Wildman–Crippen MR) is 51.9 cm³/mol. The molecule has 96 valence electrons. The van der Waals surface area contributed by atoms with Crippen molar-refractivity contribution in [1.82, 2.24) is 4.98 Å². The lowest BCUT2D eigenvalue weighted by Gasteiger charge is -2.17. The van der Waals surface area contributed by atoms with Crippen LogP contribution in [0.1, 0.15) is 23.9 Å². The number of pyridine rings is 1. The summed E-state index contributed by atoms with van der Waals surface area (Å²) < 4.78 is 37.0. The van der Waals surface area contributed by atoms with Crippen molar-refractivity contribution in [1.29, 1.82) is 0 Å². The van der Waals surface area contributed by atoms with E-state index in [-0.39, 0.29) is 18.7 Å². The van der Waals surface area contributed by atoms with E-state index in [2.05, 4.69) is 4.98 Å². The van der Waals surface area contributed by atoms with Gasteiger partial charge in [0.25, 0.3) is 0 Å². The lowest BCUT2D eigenvalue weighted by molar-refractivity contribution is -0.141. The van der Waals surface area contributed by atoms with E-state index in [9.17, 15) is 23.4 Å². The molecule has 0 saturated heterocycles. The number of halogens is 3. The number of alkyl halides is 3. The van der Waals surface area contributed by atoms with Gasteiger partial charge in [-0.3, -0.25) is 0 Å². The van der Waals surface area contributed by atoms with Crippen LogP contribution < -0.4 is 0 Å². The molecule has 0 bridgehead atoms. The fourth-order valence-electron chi connectivity index (χ4n) is 1.26. The third-order valence-corrected chi connectivity index (χ3v) is 2.15. The Hall–Kier alpha value is -1.18. The van der Waals surface area contributed by atoms with Crippen molar-refractivity contribution >= 4 is 0 Å². The average molecular weight is 251 g/mol. The van der Waals surface area contributed by atoms with Crippen molar-refractivity contribution < 1.29 is 28.5 Å². The second kappa shape index (κ2) is 5.44. The zero-order chi connectivity index (χ0) is 13.1. The van der Waals surface area contributed by atoms with Gasteiger partial charge in [-0.15, -0.1) is 0 Å². The Bertz CT molecular complexity index is 370. The highest BCUT2D eigenvalue weighted by atomic mass is 19.4. The first-order chi connectivity index (χ1) is 7.86. The smallest absolute Gasteiger partial charge is 0.396 e. The highest BCUT2D eigenvalue weighted by molar-refractivity contribution is 5.16. The summed E-state index contributed by atoms with van der Waals surface area (Å²) in [6.45, 7) is -0.378. The van der Waals surface area contributed by atoms with Gasteiger partial charge in [-0.1, -0.05) is 6.07 Å². The van der Waals surface area contributed by atoms with E-state index in [4.69, 9.17) is 5.11 Å². The molecule has 0 aliphatic carbocycles. The quantitative estimate of drug-likeness (QED) is 0.742. The van der Waals surface area contributed by atoms with Crippen LogP contribution in [-0.4, -0.2) is 33.0 Å². The minimum absolute atomic E-state index is 0.140. The van der Waals surface area contributed by atoms with Crippen LogP contribution in [0.4, 0.5) is 13.2 Å². The number of rotatable bonds is 4. The molecular formula is C10H12F3NO3. The van der Waals surface area contributed by atoms with Crippen LogP contribution in [0.15, 0.2) is 18.2 Å². The average Bonchev–Trinajstić information content (AvgIpc) is 2.27. The molecule has 0 fully saturated rings. The maximum absolute atomic E-state index is 12.3. The molecule has 0 spiro atoms. The molecule has 4 nitrogen and oxygen atoms in total. The molecule has 1 heterocycles.